The Morgan fingerprint density at radius 2 is 1.90 bits per heavy atom. The second-order valence-electron chi connectivity index (χ2n) is 7.93. The highest BCUT2D eigenvalue weighted by Gasteiger charge is 2.37. The Hall–Kier alpha value is -0.120. The van der Waals surface area contributed by atoms with Gasteiger partial charge in [0.2, 0.25) is 0 Å². The Morgan fingerprint density at radius 1 is 1.19 bits per heavy atom. The summed E-state index contributed by atoms with van der Waals surface area (Å²) in [5.41, 5.74) is 0.476. The smallest absolute Gasteiger partial charge is 0.0590 e. The van der Waals surface area contributed by atoms with E-state index in [0.717, 1.165) is 32.0 Å². The Bertz CT molecular complexity index is 300. The van der Waals surface area contributed by atoms with E-state index in [1.165, 1.54) is 45.2 Å². The third-order valence-electron chi connectivity index (χ3n) is 5.76. The molecule has 0 aromatic rings. The maximum absolute atomic E-state index is 9.93. The maximum atomic E-state index is 9.93. The molecule has 1 heterocycles. The number of rotatable bonds is 6. The van der Waals surface area contributed by atoms with E-state index in [1.54, 1.807) is 0 Å². The predicted molar refractivity (Wildman–Crippen MR) is 89.5 cm³/mol. The number of hydrogen-bond donors (Lipinski definition) is 2. The molecule has 2 atom stereocenters. The molecule has 1 aliphatic carbocycles. The Morgan fingerprint density at radius 3 is 2.52 bits per heavy atom. The fraction of sp³-hybridized carbons (Fsp3) is 1.00. The minimum atomic E-state index is -0.0817. The van der Waals surface area contributed by atoms with Crippen molar-refractivity contribution in [3.63, 3.8) is 0 Å². The molecular weight excluding hydrogens is 260 g/mol. The number of aliphatic hydroxyl groups is 1. The molecule has 1 saturated carbocycles. The lowest BCUT2D eigenvalue weighted by molar-refractivity contribution is 0.00535. The average Bonchev–Trinajstić information content (AvgIpc) is 2.47. The van der Waals surface area contributed by atoms with E-state index in [1.807, 2.05) is 0 Å². The molecule has 21 heavy (non-hydrogen) atoms. The summed E-state index contributed by atoms with van der Waals surface area (Å²) in [6.07, 6.45) is 7.62. The lowest BCUT2D eigenvalue weighted by atomic mass is 9.70. The molecule has 3 nitrogen and oxygen atoms in total. The first-order valence-corrected chi connectivity index (χ1v) is 9.16. The summed E-state index contributed by atoms with van der Waals surface area (Å²) in [6.45, 7) is 12.6. The van der Waals surface area contributed by atoms with Crippen molar-refractivity contribution in [1.29, 1.82) is 0 Å². The van der Waals surface area contributed by atoms with Gasteiger partial charge in [-0.05, 0) is 49.5 Å². The summed E-state index contributed by atoms with van der Waals surface area (Å²) in [6, 6.07) is 0. The van der Waals surface area contributed by atoms with E-state index in [2.05, 4.69) is 31.0 Å². The molecule has 2 fully saturated rings. The Balaban J connectivity index is 1.92. The molecule has 2 N–H and O–H groups in total. The topological polar surface area (TPSA) is 35.5 Å². The zero-order chi connectivity index (χ0) is 15.3. The summed E-state index contributed by atoms with van der Waals surface area (Å²) < 4.78 is 0. The first-order valence-electron chi connectivity index (χ1n) is 9.16. The van der Waals surface area contributed by atoms with Crippen LogP contribution in [0.5, 0.6) is 0 Å². The molecule has 2 unspecified atom stereocenters. The number of likely N-dealkylation sites (tertiary alicyclic amines) is 1. The van der Waals surface area contributed by atoms with Crippen LogP contribution in [0.3, 0.4) is 0 Å². The fourth-order valence-electron chi connectivity index (χ4n) is 4.13. The molecule has 0 spiro atoms. The van der Waals surface area contributed by atoms with E-state index in [-0.39, 0.29) is 6.10 Å². The van der Waals surface area contributed by atoms with Crippen molar-refractivity contribution in [2.75, 3.05) is 32.7 Å². The van der Waals surface area contributed by atoms with Crippen LogP contribution in [0.15, 0.2) is 0 Å². The molecule has 0 aromatic heterocycles. The van der Waals surface area contributed by atoms with Gasteiger partial charge in [0.15, 0.2) is 0 Å². The first-order chi connectivity index (χ1) is 10.0. The zero-order valence-corrected chi connectivity index (χ0v) is 14.4. The van der Waals surface area contributed by atoms with E-state index in [0.29, 0.717) is 11.3 Å². The normalized spacial score (nSPS) is 38.6. The van der Waals surface area contributed by atoms with Gasteiger partial charge < -0.3 is 15.3 Å². The molecule has 0 aromatic carbocycles. The van der Waals surface area contributed by atoms with Crippen molar-refractivity contribution in [3.05, 3.63) is 0 Å². The number of hydrogen-bond acceptors (Lipinski definition) is 3. The second kappa shape index (κ2) is 7.94. The van der Waals surface area contributed by atoms with Gasteiger partial charge in [-0.15, -0.1) is 0 Å². The predicted octanol–water partition coefficient (Wildman–Crippen LogP) is 2.89. The summed E-state index contributed by atoms with van der Waals surface area (Å²) in [4.78, 5) is 2.63. The molecule has 0 radical (unpaired) electrons. The molecule has 2 aliphatic rings. The van der Waals surface area contributed by atoms with Gasteiger partial charge in [0.25, 0.3) is 0 Å². The molecule has 1 saturated heterocycles. The second-order valence-corrected chi connectivity index (χ2v) is 7.93. The van der Waals surface area contributed by atoms with Crippen LogP contribution in [0.4, 0.5) is 0 Å². The monoisotopic (exact) mass is 296 g/mol. The third-order valence-corrected chi connectivity index (χ3v) is 5.76. The van der Waals surface area contributed by atoms with Gasteiger partial charge in [-0.2, -0.15) is 0 Å². The van der Waals surface area contributed by atoms with Crippen LogP contribution in [0.2, 0.25) is 0 Å². The Kier molecular flexibility index (Phi) is 6.51. The molecule has 0 amide bonds. The average molecular weight is 296 g/mol. The van der Waals surface area contributed by atoms with Crippen molar-refractivity contribution in [2.24, 2.45) is 17.3 Å². The van der Waals surface area contributed by atoms with Gasteiger partial charge in [0, 0.05) is 26.2 Å². The first kappa shape index (κ1) is 17.2. The molecular formula is C18H36N2O. The number of aliphatic hydroxyl groups excluding tert-OH is 1. The van der Waals surface area contributed by atoms with Gasteiger partial charge in [-0.3, -0.25) is 0 Å². The number of nitrogens with one attached hydrogen (secondary N) is 1. The fourth-order valence-corrected chi connectivity index (χ4v) is 4.13. The maximum Gasteiger partial charge on any atom is 0.0590 e. The van der Waals surface area contributed by atoms with Crippen molar-refractivity contribution < 1.29 is 5.11 Å². The van der Waals surface area contributed by atoms with E-state index in [9.17, 15) is 5.11 Å². The van der Waals surface area contributed by atoms with Crippen molar-refractivity contribution in [3.8, 4) is 0 Å². The third kappa shape index (κ3) is 4.94. The van der Waals surface area contributed by atoms with Gasteiger partial charge in [0.1, 0.15) is 0 Å². The molecule has 1 aliphatic heterocycles. The van der Waals surface area contributed by atoms with Crippen LogP contribution in [-0.2, 0) is 0 Å². The quantitative estimate of drug-likeness (QED) is 0.740. The highest BCUT2D eigenvalue weighted by atomic mass is 16.3. The minimum Gasteiger partial charge on any atom is -0.393 e. The van der Waals surface area contributed by atoms with Crippen LogP contribution in [0.1, 0.15) is 59.3 Å². The molecule has 2 rings (SSSR count). The van der Waals surface area contributed by atoms with Crippen molar-refractivity contribution in [1.82, 2.24) is 10.2 Å². The van der Waals surface area contributed by atoms with Crippen LogP contribution in [-0.4, -0.2) is 48.8 Å². The summed E-state index contributed by atoms with van der Waals surface area (Å²) in [7, 11) is 0. The van der Waals surface area contributed by atoms with E-state index >= 15 is 0 Å². The molecule has 3 heteroatoms. The summed E-state index contributed by atoms with van der Waals surface area (Å²) >= 11 is 0. The summed E-state index contributed by atoms with van der Waals surface area (Å²) in [5, 5.41) is 13.6. The highest BCUT2D eigenvalue weighted by Crippen LogP contribution is 2.39. The van der Waals surface area contributed by atoms with Crippen LogP contribution in [0, 0.1) is 17.3 Å². The number of piperidine rings is 1. The molecule has 0 bridgehead atoms. The number of nitrogens with zero attached hydrogens (tertiary/aromatic N) is 1. The minimum absolute atomic E-state index is 0.0817. The van der Waals surface area contributed by atoms with E-state index in [4.69, 9.17) is 0 Å². The highest BCUT2D eigenvalue weighted by molar-refractivity contribution is 4.91. The van der Waals surface area contributed by atoms with Gasteiger partial charge in [-0.1, -0.05) is 33.6 Å². The van der Waals surface area contributed by atoms with E-state index < -0.39 is 0 Å². The summed E-state index contributed by atoms with van der Waals surface area (Å²) in [5.74, 6) is 1.34. The van der Waals surface area contributed by atoms with Crippen LogP contribution >= 0.6 is 0 Å². The largest absolute Gasteiger partial charge is 0.393 e. The zero-order valence-electron chi connectivity index (χ0n) is 14.4. The van der Waals surface area contributed by atoms with Gasteiger partial charge in [-0.25, -0.2) is 0 Å². The Labute approximate surface area is 131 Å². The lowest BCUT2D eigenvalue weighted by Crippen LogP contribution is -2.50. The van der Waals surface area contributed by atoms with Crippen molar-refractivity contribution in [2.45, 2.75) is 65.4 Å². The van der Waals surface area contributed by atoms with Crippen LogP contribution in [0.25, 0.3) is 0 Å². The van der Waals surface area contributed by atoms with Crippen LogP contribution < -0.4 is 5.32 Å². The molecule has 124 valence electrons. The SMILES string of the molecule is CCCNCC1(CN2CCC(O)C(C)C2)CCC(C)CC1. The lowest BCUT2D eigenvalue weighted by Gasteiger charge is -2.45. The van der Waals surface area contributed by atoms with Gasteiger partial charge >= 0.3 is 0 Å². The standard InChI is InChI=1S/C18H36N2O/c1-4-10-19-13-18(8-5-15(2)6-9-18)14-20-11-7-17(21)16(3)12-20/h15-17,19,21H,4-14H2,1-3H3. The van der Waals surface area contributed by atoms with Gasteiger partial charge in [0.05, 0.1) is 6.10 Å². The van der Waals surface area contributed by atoms with Crippen molar-refractivity contribution >= 4 is 0 Å².